The van der Waals surface area contributed by atoms with E-state index in [9.17, 15) is 14.0 Å². The van der Waals surface area contributed by atoms with Crippen LogP contribution in [0.25, 0.3) is 4.96 Å². The number of carbonyl (C=O) groups excluding carboxylic acids is 1. The summed E-state index contributed by atoms with van der Waals surface area (Å²) in [6.07, 6.45) is 2.04. The molecule has 0 atom stereocenters. The topological polar surface area (TPSA) is 72.7 Å². The smallest absolute Gasteiger partial charge is 0.269 e. The van der Waals surface area contributed by atoms with Crippen molar-refractivity contribution < 1.29 is 13.9 Å². The van der Waals surface area contributed by atoms with Gasteiger partial charge in [-0.1, -0.05) is 0 Å². The number of hydrogen-bond acceptors (Lipinski definition) is 5. The number of hydrogen-bond donors (Lipinski definition) is 1. The van der Waals surface area contributed by atoms with Gasteiger partial charge in [-0.2, -0.15) is 0 Å². The van der Waals surface area contributed by atoms with E-state index in [-0.39, 0.29) is 23.9 Å². The fraction of sp³-hybridized carbons (Fsp3) is 0.278. The molecule has 0 radical (unpaired) electrons. The van der Waals surface area contributed by atoms with Crippen LogP contribution in [-0.2, 0) is 6.61 Å². The predicted octanol–water partition coefficient (Wildman–Crippen LogP) is 2.71. The van der Waals surface area contributed by atoms with Crippen LogP contribution in [-0.4, -0.2) is 22.3 Å². The zero-order valence-corrected chi connectivity index (χ0v) is 14.8. The molecule has 1 aliphatic rings. The van der Waals surface area contributed by atoms with Crippen LogP contribution in [0.15, 0.2) is 35.1 Å². The summed E-state index contributed by atoms with van der Waals surface area (Å²) in [7, 11) is 1.55. The van der Waals surface area contributed by atoms with Crippen molar-refractivity contribution in [3.63, 3.8) is 0 Å². The number of fused-ring (bicyclic) bond motifs is 1. The van der Waals surface area contributed by atoms with Crippen LogP contribution < -0.4 is 15.6 Å². The van der Waals surface area contributed by atoms with E-state index in [0.717, 1.165) is 17.7 Å². The van der Waals surface area contributed by atoms with Crippen LogP contribution in [0.5, 0.6) is 5.75 Å². The summed E-state index contributed by atoms with van der Waals surface area (Å²) >= 11 is 1.38. The van der Waals surface area contributed by atoms with Crippen molar-refractivity contribution in [2.75, 3.05) is 7.05 Å². The second-order valence-electron chi connectivity index (χ2n) is 6.11. The summed E-state index contributed by atoms with van der Waals surface area (Å²) in [5, 5.41) is 2.60. The van der Waals surface area contributed by atoms with Crippen molar-refractivity contribution in [1.29, 1.82) is 0 Å². The van der Waals surface area contributed by atoms with Gasteiger partial charge in [-0.3, -0.25) is 9.59 Å². The van der Waals surface area contributed by atoms with Crippen LogP contribution in [0.1, 0.15) is 39.8 Å². The molecular weight excluding hydrogens is 357 g/mol. The van der Waals surface area contributed by atoms with Gasteiger partial charge in [0.15, 0.2) is 4.96 Å². The molecule has 0 saturated heterocycles. The second-order valence-corrected chi connectivity index (χ2v) is 7.12. The maximum atomic E-state index is 12.9. The van der Waals surface area contributed by atoms with E-state index in [2.05, 4.69) is 10.3 Å². The molecule has 8 heteroatoms. The Kier molecular flexibility index (Phi) is 4.20. The quantitative estimate of drug-likeness (QED) is 0.746. The van der Waals surface area contributed by atoms with Gasteiger partial charge in [0.2, 0.25) is 0 Å². The lowest BCUT2D eigenvalue weighted by Gasteiger charge is -2.06. The summed E-state index contributed by atoms with van der Waals surface area (Å²) in [6, 6.07) is 7.00. The SMILES string of the molecule is CNC(=O)c1c(C2CC2)sc2nc(COc3ccc(F)cc3)cc(=O)n12. The summed E-state index contributed by atoms with van der Waals surface area (Å²) in [5.74, 6) is 0.192. The lowest BCUT2D eigenvalue weighted by Crippen LogP contribution is -2.26. The normalized spacial score (nSPS) is 13.8. The molecule has 0 spiro atoms. The van der Waals surface area contributed by atoms with Gasteiger partial charge in [0.05, 0.1) is 5.69 Å². The fourth-order valence-electron chi connectivity index (χ4n) is 2.75. The first-order valence-corrected chi connectivity index (χ1v) is 9.04. The van der Waals surface area contributed by atoms with Crippen LogP contribution in [0.2, 0.25) is 0 Å². The number of ether oxygens (including phenoxy) is 1. The Morgan fingerprint density at radius 1 is 1.38 bits per heavy atom. The summed E-state index contributed by atoms with van der Waals surface area (Å²) in [4.78, 5) is 30.7. The number of thiazole rings is 1. The molecule has 0 aliphatic heterocycles. The van der Waals surface area contributed by atoms with Gasteiger partial charge in [-0.25, -0.2) is 13.8 Å². The Hall–Kier alpha value is -2.74. The number of carbonyl (C=O) groups is 1. The van der Waals surface area contributed by atoms with Crippen LogP contribution in [0, 0.1) is 5.82 Å². The Morgan fingerprint density at radius 2 is 2.12 bits per heavy atom. The van der Waals surface area contributed by atoms with Crippen LogP contribution in [0.3, 0.4) is 0 Å². The number of nitrogens with zero attached hydrogens (tertiary/aromatic N) is 2. The predicted molar refractivity (Wildman–Crippen MR) is 95.4 cm³/mol. The van der Waals surface area contributed by atoms with Gasteiger partial charge in [0, 0.05) is 18.0 Å². The van der Waals surface area contributed by atoms with Crippen molar-refractivity contribution in [1.82, 2.24) is 14.7 Å². The van der Waals surface area contributed by atoms with E-state index in [1.54, 1.807) is 7.05 Å². The minimum Gasteiger partial charge on any atom is -0.487 e. The number of benzene rings is 1. The Labute approximate surface area is 152 Å². The van der Waals surface area contributed by atoms with E-state index in [0.29, 0.717) is 28.0 Å². The maximum Gasteiger partial charge on any atom is 0.269 e. The fourth-order valence-corrected chi connectivity index (χ4v) is 4.07. The Morgan fingerprint density at radius 3 is 2.77 bits per heavy atom. The number of aromatic nitrogens is 2. The number of rotatable bonds is 5. The molecule has 1 aromatic carbocycles. The lowest BCUT2D eigenvalue weighted by molar-refractivity contribution is 0.0956. The standard InChI is InChI=1S/C18H16FN3O3S/c1-20-17(24)15-16(10-2-3-10)26-18-21-12(8-14(23)22(15)18)9-25-13-6-4-11(19)5-7-13/h4-8,10H,2-3,9H2,1H3,(H,20,24). The zero-order chi connectivity index (χ0) is 18.3. The molecule has 4 rings (SSSR count). The maximum absolute atomic E-state index is 12.9. The van der Waals surface area contributed by atoms with E-state index in [1.807, 2.05) is 0 Å². The lowest BCUT2D eigenvalue weighted by atomic mass is 10.2. The van der Waals surface area contributed by atoms with Gasteiger partial charge in [-0.15, -0.1) is 11.3 Å². The molecule has 0 unspecified atom stereocenters. The third-order valence-electron chi connectivity index (χ3n) is 4.19. The molecular formula is C18H16FN3O3S. The van der Waals surface area contributed by atoms with Crippen molar-refractivity contribution in [2.24, 2.45) is 0 Å². The summed E-state index contributed by atoms with van der Waals surface area (Å²) < 4.78 is 19.9. The van der Waals surface area contributed by atoms with E-state index >= 15 is 0 Å². The molecule has 1 amide bonds. The number of amides is 1. The van der Waals surface area contributed by atoms with E-state index in [4.69, 9.17) is 4.74 Å². The van der Waals surface area contributed by atoms with Crippen molar-refractivity contribution >= 4 is 22.2 Å². The Balaban J connectivity index is 1.69. The summed E-state index contributed by atoms with van der Waals surface area (Å²) in [6.45, 7) is 0.0866. The monoisotopic (exact) mass is 373 g/mol. The highest BCUT2D eigenvalue weighted by Gasteiger charge is 2.32. The van der Waals surface area contributed by atoms with Gasteiger partial charge in [-0.05, 0) is 43.0 Å². The highest BCUT2D eigenvalue weighted by molar-refractivity contribution is 7.17. The number of nitrogens with one attached hydrogen (secondary N) is 1. The second kappa shape index (κ2) is 6.53. The molecule has 1 fully saturated rings. The summed E-state index contributed by atoms with van der Waals surface area (Å²) in [5.41, 5.74) is 0.541. The average Bonchev–Trinajstić information content (AvgIpc) is 3.41. The molecule has 1 saturated carbocycles. The third-order valence-corrected chi connectivity index (χ3v) is 5.39. The molecule has 26 heavy (non-hydrogen) atoms. The molecule has 1 aliphatic carbocycles. The van der Waals surface area contributed by atoms with E-state index in [1.165, 1.54) is 46.1 Å². The highest BCUT2D eigenvalue weighted by atomic mass is 32.1. The van der Waals surface area contributed by atoms with Crippen molar-refractivity contribution in [2.45, 2.75) is 25.4 Å². The molecule has 2 heterocycles. The van der Waals surface area contributed by atoms with E-state index < -0.39 is 0 Å². The molecule has 2 aromatic heterocycles. The molecule has 3 aromatic rings. The largest absolute Gasteiger partial charge is 0.487 e. The minimum absolute atomic E-state index is 0.0866. The molecule has 6 nitrogen and oxygen atoms in total. The first kappa shape index (κ1) is 16.7. The van der Waals surface area contributed by atoms with Gasteiger partial charge in [0.1, 0.15) is 23.9 Å². The van der Waals surface area contributed by atoms with Gasteiger partial charge < -0.3 is 10.1 Å². The first-order chi connectivity index (χ1) is 12.6. The van der Waals surface area contributed by atoms with Crippen molar-refractivity contribution in [3.8, 4) is 5.75 Å². The Bertz CT molecular complexity index is 1040. The number of halogens is 1. The third kappa shape index (κ3) is 3.08. The minimum atomic E-state index is -0.344. The highest BCUT2D eigenvalue weighted by Crippen LogP contribution is 2.45. The zero-order valence-electron chi connectivity index (χ0n) is 14.0. The molecule has 0 bridgehead atoms. The molecule has 134 valence electrons. The average molecular weight is 373 g/mol. The van der Waals surface area contributed by atoms with Gasteiger partial charge in [0.25, 0.3) is 11.5 Å². The van der Waals surface area contributed by atoms with Gasteiger partial charge >= 0.3 is 0 Å². The van der Waals surface area contributed by atoms with Crippen molar-refractivity contribution in [3.05, 3.63) is 62.8 Å². The van der Waals surface area contributed by atoms with Crippen LogP contribution in [0.4, 0.5) is 4.39 Å². The molecule has 1 N–H and O–H groups in total. The van der Waals surface area contributed by atoms with Crippen LogP contribution >= 0.6 is 11.3 Å². The first-order valence-electron chi connectivity index (χ1n) is 8.22.